The van der Waals surface area contributed by atoms with Crippen LogP contribution in [0.2, 0.25) is 0 Å². The molecule has 0 radical (unpaired) electrons. The van der Waals surface area contributed by atoms with Crippen molar-refractivity contribution in [2.24, 2.45) is 0 Å². The molecule has 0 aliphatic rings. The van der Waals surface area contributed by atoms with Crippen molar-refractivity contribution < 1.29 is 9.18 Å². The fourth-order valence-electron chi connectivity index (χ4n) is 1.46. The summed E-state index contributed by atoms with van der Waals surface area (Å²) in [7, 11) is 3.42. The summed E-state index contributed by atoms with van der Waals surface area (Å²) in [6.45, 7) is 2.24. The minimum atomic E-state index is -0.289. The molecule has 1 N–H and O–H groups in total. The number of amides is 1. The summed E-state index contributed by atoms with van der Waals surface area (Å²) >= 11 is 3.23. The summed E-state index contributed by atoms with van der Waals surface area (Å²) in [5.74, 6) is -0.289. The van der Waals surface area contributed by atoms with E-state index < -0.39 is 0 Å². The summed E-state index contributed by atoms with van der Waals surface area (Å²) in [5.41, 5.74) is 0.801. The molecule has 0 saturated carbocycles. The third-order valence-corrected chi connectivity index (χ3v) is 2.80. The number of rotatable bonds is 4. The highest BCUT2D eigenvalue weighted by molar-refractivity contribution is 9.10. The van der Waals surface area contributed by atoms with Crippen molar-refractivity contribution in [3.8, 4) is 0 Å². The summed E-state index contributed by atoms with van der Waals surface area (Å²) in [6, 6.07) is 4.39. The first kappa shape index (κ1) is 14.1. The van der Waals surface area contributed by atoms with Crippen molar-refractivity contribution in [3.63, 3.8) is 0 Å². The van der Waals surface area contributed by atoms with E-state index in [0.717, 1.165) is 5.56 Å². The Balaban J connectivity index is 2.58. The Morgan fingerprint density at radius 3 is 2.65 bits per heavy atom. The third-order valence-electron chi connectivity index (χ3n) is 2.35. The van der Waals surface area contributed by atoms with Gasteiger partial charge in [-0.25, -0.2) is 4.39 Å². The lowest BCUT2D eigenvalue weighted by Gasteiger charge is -2.18. The summed E-state index contributed by atoms with van der Waals surface area (Å²) in [5, 5.41) is 3.06. The molecule has 1 aromatic carbocycles. The Morgan fingerprint density at radius 1 is 1.47 bits per heavy atom. The third kappa shape index (κ3) is 4.44. The van der Waals surface area contributed by atoms with Crippen LogP contribution in [0.25, 0.3) is 0 Å². The van der Waals surface area contributed by atoms with Gasteiger partial charge in [0, 0.05) is 25.1 Å². The Hall–Kier alpha value is -0.940. The van der Waals surface area contributed by atoms with Crippen molar-refractivity contribution in [3.05, 3.63) is 34.1 Å². The van der Waals surface area contributed by atoms with Gasteiger partial charge in [-0.1, -0.05) is 15.9 Å². The van der Waals surface area contributed by atoms with Gasteiger partial charge in [0.05, 0.1) is 6.04 Å². The molecular formula is C12H16BrFN2O. The van der Waals surface area contributed by atoms with Crippen molar-refractivity contribution in [2.45, 2.75) is 19.5 Å². The molecule has 1 unspecified atom stereocenters. The van der Waals surface area contributed by atoms with Crippen molar-refractivity contribution >= 4 is 21.8 Å². The maximum absolute atomic E-state index is 13.1. The first-order valence-corrected chi connectivity index (χ1v) is 6.09. The second kappa shape index (κ2) is 6.12. The van der Waals surface area contributed by atoms with Crippen molar-refractivity contribution in [1.29, 1.82) is 0 Å². The number of carbonyl (C=O) groups is 1. The Labute approximate surface area is 109 Å². The fraction of sp³-hybridized carbons (Fsp3) is 0.417. The molecule has 0 aliphatic carbocycles. The van der Waals surface area contributed by atoms with E-state index in [4.69, 9.17) is 0 Å². The molecule has 5 heteroatoms. The zero-order valence-electron chi connectivity index (χ0n) is 10.1. The van der Waals surface area contributed by atoms with Gasteiger partial charge in [0.25, 0.3) is 0 Å². The molecule has 0 spiro atoms. The van der Waals surface area contributed by atoms with Gasteiger partial charge in [-0.15, -0.1) is 0 Å². The average Bonchev–Trinajstić information content (AvgIpc) is 2.23. The largest absolute Gasteiger partial charge is 0.347 e. The molecule has 94 valence electrons. The maximum atomic E-state index is 13.1. The van der Waals surface area contributed by atoms with Crippen LogP contribution < -0.4 is 5.32 Å². The Kier molecular flexibility index (Phi) is 5.08. The van der Waals surface area contributed by atoms with Crippen molar-refractivity contribution in [1.82, 2.24) is 10.2 Å². The van der Waals surface area contributed by atoms with Crippen LogP contribution in [0.5, 0.6) is 0 Å². The number of nitrogens with zero attached hydrogens (tertiary/aromatic N) is 1. The van der Waals surface area contributed by atoms with Crippen LogP contribution in [-0.2, 0) is 11.3 Å². The number of nitrogens with one attached hydrogen (secondary N) is 1. The van der Waals surface area contributed by atoms with E-state index in [1.54, 1.807) is 21.0 Å². The quantitative estimate of drug-likeness (QED) is 0.924. The molecule has 1 atom stereocenters. The molecule has 0 heterocycles. The predicted octanol–water partition coefficient (Wildman–Crippen LogP) is 2.15. The van der Waals surface area contributed by atoms with E-state index in [1.165, 1.54) is 17.0 Å². The zero-order chi connectivity index (χ0) is 13.0. The SMILES string of the molecule is CC(NCc1cc(F)cc(Br)c1)C(=O)N(C)C. The zero-order valence-corrected chi connectivity index (χ0v) is 11.7. The lowest BCUT2D eigenvalue weighted by molar-refractivity contribution is -0.130. The smallest absolute Gasteiger partial charge is 0.238 e. The molecule has 1 amide bonds. The monoisotopic (exact) mass is 302 g/mol. The van der Waals surface area contributed by atoms with Gasteiger partial charge in [0.15, 0.2) is 0 Å². The van der Waals surface area contributed by atoms with Crippen LogP contribution >= 0.6 is 15.9 Å². The van der Waals surface area contributed by atoms with Crippen LogP contribution in [0.3, 0.4) is 0 Å². The minimum absolute atomic E-state index is 0.000434. The molecule has 1 aromatic rings. The topological polar surface area (TPSA) is 32.3 Å². The van der Waals surface area contributed by atoms with Gasteiger partial charge in [0.2, 0.25) is 5.91 Å². The molecule has 0 aliphatic heterocycles. The molecule has 17 heavy (non-hydrogen) atoms. The standard InChI is InChI=1S/C12H16BrFN2O/c1-8(12(17)16(2)3)15-7-9-4-10(13)6-11(14)5-9/h4-6,8,15H,7H2,1-3H3. The lowest BCUT2D eigenvalue weighted by atomic mass is 10.2. The number of likely N-dealkylation sites (N-methyl/N-ethyl adjacent to an activating group) is 1. The average molecular weight is 303 g/mol. The van der Waals surface area contributed by atoms with E-state index >= 15 is 0 Å². The van der Waals surface area contributed by atoms with E-state index in [9.17, 15) is 9.18 Å². The molecular weight excluding hydrogens is 287 g/mol. The van der Waals surface area contributed by atoms with Crippen LogP contribution in [0.4, 0.5) is 4.39 Å². The van der Waals surface area contributed by atoms with E-state index in [-0.39, 0.29) is 17.8 Å². The van der Waals surface area contributed by atoms with E-state index in [2.05, 4.69) is 21.2 Å². The van der Waals surface area contributed by atoms with Crippen LogP contribution in [0, 0.1) is 5.82 Å². The second-order valence-electron chi connectivity index (χ2n) is 4.11. The molecule has 0 saturated heterocycles. The number of carbonyl (C=O) groups excluding carboxylic acids is 1. The van der Waals surface area contributed by atoms with Crippen LogP contribution in [0.15, 0.2) is 22.7 Å². The maximum Gasteiger partial charge on any atom is 0.238 e. The molecule has 0 bridgehead atoms. The summed E-state index contributed by atoms with van der Waals surface area (Å²) < 4.78 is 13.8. The molecule has 0 fully saturated rings. The van der Waals surface area contributed by atoms with Gasteiger partial charge in [-0.3, -0.25) is 4.79 Å². The first-order valence-electron chi connectivity index (χ1n) is 5.29. The molecule has 1 rings (SSSR count). The normalized spacial score (nSPS) is 12.3. The van der Waals surface area contributed by atoms with E-state index in [1.807, 2.05) is 6.07 Å². The minimum Gasteiger partial charge on any atom is -0.347 e. The van der Waals surface area contributed by atoms with Crippen molar-refractivity contribution in [2.75, 3.05) is 14.1 Å². The van der Waals surface area contributed by atoms with Gasteiger partial charge in [0.1, 0.15) is 5.82 Å². The van der Waals surface area contributed by atoms with Gasteiger partial charge in [-0.05, 0) is 30.7 Å². The van der Waals surface area contributed by atoms with Gasteiger partial charge < -0.3 is 10.2 Å². The highest BCUT2D eigenvalue weighted by atomic mass is 79.9. The number of benzene rings is 1. The highest BCUT2D eigenvalue weighted by Crippen LogP contribution is 2.14. The molecule has 3 nitrogen and oxygen atoms in total. The van der Waals surface area contributed by atoms with Gasteiger partial charge in [-0.2, -0.15) is 0 Å². The highest BCUT2D eigenvalue weighted by Gasteiger charge is 2.13. The fourth-order valence-corrected chi connectivity index (χ4v) is 1.97. The number of hydrogen-bond acceptors (Lipinski definition) is 2. The summed E-state index contributed by atoms with van der Waals surface area (Å²) in [4.78, 5) is 13.1. The second-order valence-corrected chi connectivity index (χ2v) is 5.03. The Bertz CT molecular complexity index is 389. The number of halogens is 2. The van der Waals surface area contributed by atoms with Crippen LogP contribution in [0.1, 0.15) is 12.5 Å². The predicted molar refractivity (Wildman–Crippen MR) is 69.1 cm³/mol. The van der Waals surface area contributed by atoms with Crippen LogP contribution in [-0.4, -0.2) is 30.9 Å². The first-order chi connectivity index (χ1) is 7.90. The van der Waals surface area contributed by atoms with E-state index in [0.29, 0.717) is 11.0 Å². The Morgan fingerprint density at radius 2 is 2.12 bits per heavy atom. The summed E-state index contributed by atoms with van der Waals surface area (Å²) in [6.07, 6.45) is 0. The molecule has 0 aromatic heterocycles. The lowest BCUT2D eigenvalue weighted by Crippen LogP contribution is -2.41. The number of hydrogen-bond donors (Lipinski definition) is 1. The van der Waals surface area contributed by atoms with Gasteiger partial charge >= 0.3 is 0 Å².